The summed E-state index contributed by atoms with van der Waals surface area (Å²) in [5, 5.41) is 0. The van der Waals surface area contributed by atoms with E-state index in [1.54, 1.807) is 0 Å². The summed E-state index contributed by atoms with van der Waals surface area (Å²) >= 11 is 0. The van der Waals surface area contributed by atoms with Gasteiger partial charge in [0.05, 0.1) is 0 Å². The minimum absolute atomic E-state index is 0.153. The van der Waals surface area contributed by atoms with Crippen molar-refractivity contribution in [3.63, 3.8) is 0 Å². The molecule has 0 spiro atoms. The Morgan fingerprint density at radius 3 is 2.43 bits per heavy atom. The number of carbonyl (C=O) groups excluding carboxylic acids is 1. The van der Waals surface area contributed by atoms with Gasteiger partial charge in [-0.1, -0.05) is 42.5 Å². The summed E-state index contributed by atoms with van der Waals surface area (Å²) in [6, 6.07) is 18.5. The Kier molecular flexibility index (Phi) is 4.77. The van der Waals surface area contributed by atoms with Gasteiger partial charge in [-0.25, -0.2) is 0 Å². The number of rotatable bonds is 4. The fraction of sp³-hybridized carbons (Fsp3) is 0.350. The van der Waals surface area contributed by atoms with Crippen molar-refractivity contribution in [3.05, 3.63) is 71.3 Å². The monoisotopic (exact) mass is 308 g/mol. The van der Waals surface area contributed by atoms with E-state index in [4.69, 9.17) is 0 Å². The van der Waals surface area contributed by atoms with E-state index in [2.05, 4.69) is 41.3 Å². The van der Waals surface area contributed by atoms with Crippen LogP contribution in [-0.2, 0) is 6.54 Å². The third-order valence-electron chi connectivity index (χ3n) is 4.45. The maximum atomic E-state index is 12.7. The lowest BCUT2D eigenvalue weighted by Gasteiger charge is -2.17. The van der Waals surface area contributed by atoms with E-state index in [-0.39, 0.29) is 5.91 Å². The second-order valence-electron chi connectivity index (χ2n) is 6.58. The highest BCUT2D eigenvalue weighted by Crippen LogP contribution is 2.28. The van der Waals surface area contributed by atoms with Gasteiger partial charge in [0, 0.05) is 31.1 Å². The van der Waals surface area contributed by atoms with Crippen molar-refractivity contribution in [2.45, 2.75) is 18.9 Å². The molecule has 1 saturated heterocycles. The van der Waals surface area contributed by atoms with Gasteiger partial charge in [0.15, 0.2) is 0 Å². The molecule has 0 aromatic heterocycles. The maximum Gasteiger partial charge on any atom is 0.253 e. The maximum absolute atomic E-state index is 12.7. The third kappa shape index (κ3) is 3.80. The van der Waals surface area contributed by atoms with E-state index in [1.165, 1.54) is 11.1 Å². The molecule has 1 heterocycles. The van der Waals surface area contributed by atoms with Crippen LogP contribution < -0.4 is 0 Å². The van der Waals surface area contributed by atoms with E-state index in [0.29, 0.717) is 5.92 Å². The number of likely N-dealkylation sites (tertiary alicyclic amines) is 1. The van der Waals surface area contributed by atoms with Crippen molar-refractivity contribution in [1.82, 2.24) is 9.80 Å². The lowest BCUT2D eigenvalue weighted by molar-refractivity contribution is 0.0791. The highest BCUT2D eigenvalue weighted by atomic mass is 16.2. The Hall–Kier alpha value is -2.13. The minimum atomic E-state index is 0.153. The molecule has 0 bridgehead atoms. The molecule has 2 aromatic rings. The lowest BCUT2D eigenvalue weighted by atomic mass is 9.99. The zero-order chi connectivity index (χ0) is 16.2. The standard InChI is InChI=1S/C20H24N2O/c1-21(2)14-16-8-10-18(11-9-16)20(23)22-13-12-19(15-22)17-6-4-3-5-7-17/h3-11,19H,12-15H2,1-2H3. The first-order valence-corrected chi connectivity index (χ1v) is 8.21. The molecule has 120 valence electrons. The van der Waals surface area contributed by atoms with E-state index in [9.17, 15) is 4.79 Å². The number of amides is 1. The van der Waals surface area contributed by atoms with Gasteiger partial charge in [-0.05, 0) is 43.8 Å². The number of hydrogen-bond acceptors (Lipinski definition) is 2. The molecule has 0 saturated carbocycles. The summed E-state index contributed by atoms with van der Waals surface area (Å²) in [7, 11) is 4.10. The first-order chi connectivity index (χ1) is 11.1. The van der Waals surface area contributed by atoms with Gasteiger partial charge >= 0.3 is 0 Å². The second kappa shape index (κ2) is 6.97. The molecule has 0 N–H and O–H groups in total. The molecule has 2 aromatic carbocycles. The Morgan fingerprint density at radius 1 is 1.09 bits per heavy atom. The van der Waals surface area contributed by atoms with Crippen molar-refractivity contribution >= 4 is 5.91 Å². The zero-order valence-electron chi connectivity index (χ0n) is 13.9. The summed E-state index contributed by atoms with van der Waals surface area (Å²) < 4.78 is 0. The van der Waals surface area contributed by atoms with Gasteiger partial charge in [-0.3, -0.25) is 4.79 Å². The highest BCUT2D eigenvalue weighted by Gasteiger charge is 2.27. The van der Waals surface area contributed by atoms with Crippen LogP contribution in [0.3, 0.4) is 0 Å². The lowest BCUT2D eigenvalue weighted by Crippen LogP contribution is -2.28. The summed E-state index contributed by atoms with van der Waals surface area (Å²) in [5.41, 5.74) is 3.36. The van der Waals surface area contributed by atoms with Crippen molar-refractivity contribution in [3.8, 4) is 0 Å². The molecule has 3 heteroatoms. The van der Waals surface area contributed by atoms with Crippen LogP contribution in [0.2, 0.25) is 0 Å². The van der Waals surface area contributed by atoms with Gasteiger partial charge in [0.25, 0.3) is 5.91 Å². The molecule has 1 amide bonds. The molecule has 3 rings (SSSR count). The summed E-state index contributed by atoms with van der Waals surface area (Å²) in [6.45, 7) is 2.56. The van der Waals surface area contributed by atoms with Gasteiger partial charge in [-0.2, -0.15) is 0 Å². The van der Waals surface area contributed by atoms with Crippen LogP contribution in [0, 0.1) is 0 Å². The van der Waals surface area contributed by atoms with E-state index < -0.39 is 0 Å². The van der Waals surface area contributed by atoms with Crippen LogP contribution in [0.15, 0.2) is 54.6 Å². The average Bonchev–Trinajstić information content (AvgIpc) is 3.05. The van der Waals surface area contributed by atoms with Gasteiger partial charge in [-0.15, -0.1) is 0 Å². The molecule has 0 aliphatic carbocycles. The van der Waals surface area contributed by atoms with Crippen LogP contribution in [0.1, 0.15) is 33.8 Å². The Balaban J connectivity index is 1.65. The van der Waals surface area contributed by atoms with Crippen LogP contribution >= 0.6 is 0 Å². The Morgan fingerprint density at radius 2 is 1.78 bits per heavy atom. The average molecular weight is 308 g/mol. The molecule has 3 nitrogen and oxygen atoms in total. The van der Waals surface area contributed by atoms with Gasteiger partial charge < -0.3 is 9.80 Å². The predicted molar refractivity (Wildman–Crippen MR) is 93.5 cm³/mol. The Bertz CT molecular complexity index is 649. The van der Waals surface area contributed by atoms with Crippen LogP contribution in [0.5, 0.6) is 0 Å². The SMILES string of the molecule is CN(C)Cc1ccc(C(=O)N2CCC(c3ccccc3)C2)cc1. The molecule has 0 radical (unpaired) electrons. The fourth-order valence-electron chi connectivity index (χ4n) is 3.24. The molecule has 23 heavy (non-hydrogen) atoms. The van der Waals surface area contributed by atoms with Crippen LogP contribution in [-0.4, -0.2) is 42.9 Å². The van der Waals surface area contributed by atoms with Crippen molar-refractivity contribution in [1.29, 1.82) is 0 Å². The van der Waals surface area contributed by atoms with Crippen molar-refractivity contribution in [2.75, 3.05) is 27.2 Å². The minimum Gasteiger partial charge on any atom is -0.338 e. The topological polar surface area (TPSA) is 23.6 Å². The van der Waals surface area contributed by atoms with Gasteiger partial charge in [0.1, 0.15) is 0 Å². The normalized spacial score (nSPS) is 17.7. The number of nitrogens with zero attached hydrogens (tertiary/aromatic N) is 2. The zero-order valence-corrected chi connectivity index (χ0v) is 13.9. The van der Waals surface area contributed by atoms with Gasteiger partial charge in [0.2, 0.25) is 0 Å². The van der Waals surface area contributed by atoms with Crippen molar-refractivity contribution < 1.29 is 4.79 Å². The molecule has 1 aliphatic heterocycles. The van der Waals surface area contributed by atoms with Crippen LogP contribution in [0.25, 0.3) is 0 Å². The fourth-order valence-corrected chi connectivity index (χ4v) is 3.24. The van der Waals surface area contributed by atoms with E-state index in [1.807, 2.05) is 37.2 Å². The molecule has 1 fully saturated rings. The molecule has 1 unspecified atom stereocenters. The largest absolute Gasteiger partial charge is 0.338 e. The molecular weight excluding hydrogens is 284 g/mol. The second-order valence-corrected chi connectivity index (χ2v) is 6.58. The Labute approximate surface area is 138 Å². The molecule has 1 atom stereocenters. The highest BCUT2D eigenvalue weighted by molar-refractivity contribution is 5.94. The first kappa shape index (κ1) is 15.8. The predicted octanol–water partition coefficient (Wildman–Crippen LogP) is 3.38. The van der Waals surface area contributed by atoms with Crippen LogP contribution in [0.4, 0.5) is 0 Å². The van der Waals surface area contributed by atoms with Crippen molar-refractivity contribution in [2.24, 2.45) is 0 Å². The molecular formula is C20H24N2O. The van der Waals surface area contributed by atoms with E-state index >= 15 is 0 Å². The molecule has 1 aliphatic rings. The summed E-state index contributed by atoms with van der Waals surface area (Å²) in [4.78, 5) is 16.8. The number of benzene rings is 2. The summed E-state index contributed by atoms with van der Waals surface area (Å²) in [6.07, 6.45) is 1.05. The third-order valence-corrected chi connectivity index (χ3v) is 4.45. The summed E-state index contributed by atoms with van der Waals surface area (Å²) in [5.74, 6) is 0.619. The smallest absolute Gasteiger partial charge is 0.253 e. The number of carbonyl (C=O) groups is 1. The quantitative estimate of drug-likeness (QED) is 0.864. The number of hydrogen-bond donors (Lipinski definition) is 0. The first-order valence-electron chi connectivity index (χ1n) is 8.21. The van der Waals surface area contributed by atoms with E-state index in [0.717, 1.165) is 31.6 Å².